The third-order valence-electron chi connectivity index (χ3n) is 1.98. The van der Waals surface area contributed by atoms with Crippen molar-refractivity contribution in [1.29, 1.82) is 0 Å². The van der Waals surface area contributed by atoms with Crippen LogP contribution < -0.4 is 5.32 Å². The Morgan fingerprint density at radius 1 is 1.33 bits per heavy atom. The molecular weight excluding hydrogens is 192 g/mol. The number of hydrogen-bond acceptors (Lipinski definition) is 4. The molecule has 4 nitrogen and oxygen atoms in total. The summed E-state index contributed by atoms with van der Waals surface area (Å²) in [6.45, 7) is 4.74. The van der Waals surface area contributed by atoms with Crippen molar-refractivity contribution in [3.63, 3.8) is 0 Å². The molecule has 4 heteroatoms. The summed E-state index contributed by atoms with van der Waals surface area (Å²) in [5.74, 6) is 0.924. The van der Waals surface area contributed by atoms with Crippen molar-refractivity contribution in [3.05, 3.63) is 23.9 Å². The molecule has 0 aliphatic carbocycles. The van der Waals surface area contributed by atoms with Gasteiger partial charge < -0.3 is 14.8 Å². The van der Waals surface area contributed by atoms with Crippen LogP contribution in [0, 0.1) is 6.92 Å². The van der Waals surface area contributed by atoms with Crippen LogP contribution in [0.2, 0.25) is 0 Å². The first kappa shape index (κ1) is 11.9. The van der Waals surface area contributed by atoms with E-state index in [0.717, 1.165) is 17.9 Å². The van der Waals surface area contributed by atoms with Gasteiger partial charge in [0.05, 0.1) is 19.8 Å². The van der Waals surface area contributed by atoms with Crippen molar-refractivity contribution in [2.75, 3.05) is 38.8 Å². The monoisotopic (exact) mass is 210 g/mol. The number of ether oxygens (including phenoxy) is 2. The maximum atomic E-state index is 5.32. The zero-order valence-corrected chi connectivity index (χ0v) is 9.32. The molecule has 1 rings (SSSR count). The van der Waals surface area contributed by atoms with Gasteiger partial charge in [-0.1, -0.05) is 6.07 Å². The van der Waals surface area contributed by atoms with Crippen LogP contribution in [0.4, 0.5) is 5.82 Å². The van der Waals surface area contributed by atoms with Crippen molar-refractivity contribution in [1.82, 2.24) is 4.98 Å². The van der Waals surface area contributed by atoms with Crippen LogP contribution in [0.25, 0.3) is 0 Å². The summed E-state index contributed by atoms with van der Waals surface area (Å²) in [7, 11) is 1.67. The second-order valence-electron chi connectivity index (χ2n) is 3.20. The Bertz CT molecular complexity index is 279. The molecule has 0 amide bonds. The normalized spacial score (nSPS) is 10.3. The van der Waals surface area contributed by atoms with Crippen LogP contribution >= 0.6 is 0 Å². The van der Waals surface area contributed by atoms with Crippen LogP contribution in [-0.2, 0) is 9.47 Å². The fourth-order valence-electron chi connectivity index (χ4n) is 1.16. The topological polar surface area (TPSA) is 43.4 Å². The van der Waals surface area contributed by atoms with Gasteiger partial charge in [0.2, 0.25) is 0 Å². The first-order valence-corrected chi connectivity index (χ1v) is 5.06. The first-order chi connectivity index (χ1) is 7.34. The van der Waals surface area contributed by atoms with Gasteiger partial charge in [0, 0.05) is 19.9 Å². The molecule has 1 aromatic heterocycles. The molecule has 1 N–H and O–H groups in total. The SMILES string of the molecule is COCCOCCNc1ncccc1C. The molecule has 0 spiro atoms. The van der Waals surface area contributed by atoms with E-state index in [-0.39, 0.29) is 0 Å². The summed E-state index contributed by atoms with van der Waals surface area (Å²) >= 11 is 0. The van der Waals surface area contributed by atoms with Gasteiger partial charge in [-0.15, -0.1) is 0 Å². The van der Waals surface area contributed by atoms with Gasteiger partial charge in [-0.05, 0) is 18.6 Å². The summed E-state index contributed by atoms with van der Waals surface area (Å²) in [5.41, 5.74) is 1.15. The standard InChI is InChI=1S/C11H18N2O2/c1-10-4-3-5-12-11(10)13-6-7-15-9-8-14-2/h3-5H,6-9H2,1-2H3,(H,12,13). The van der Waals surface area contributed by atoms with E-state index >= 15 is 0 Å². The Balaban J connectivity index is 2.12. The van der Waals surface area contributed by atoms with Crippen molar-refractivity contribution < 1.29 is 9.47 Å². The van der Waals surface area contributed by atoms with Crippen LogP contribution in [0.3, 0.4) is 0 Å². The Kier molecular flexibility index (Phi) is 5.73. The van der Waals surface area contributed by atoms with Gasteiger partial charge in [0.1, 0.15) is 5.82 Å². The third-order valence-corrected chi connectivity index (χ3v) is 1.98. The van der Waals surface area contributed by atoms with Crippen LogP contribution in [0.5, 0.6) is 0 Å². The van der Waals surface area contributed by atoms with Gasteiger partial charge >= 0.3 is 0 Å². The second-order valence-corrected chi connectivity index (χ2v) is 3.20. The molecule has 0 fully saturated rings. The van der Waals surface area contributed by atoms with E-state index in [1.807, 2.05) is 19.1 Å². The highest BCUT2D eigenvalue weighted by molar-refractivity contribution is 5.42. The molecule has 0 aliphatic rings. The summed E-state index contributed by atoms with van der Waals surface area (Å²) in [5, 5.41) is 3.21. The minimum absolute atomic E-state index is 0.638. The summed E-state index contributed by atoms with van der Waals surface area (Å²) < 4.78 is 10.2. The molecule has 1 aromatic rings. The molecule has 0 aromatic carbocycles. The Morgan fingerprint density at radius 2 is 2.20 bits per heavy atom. The molecule has 0 bridgehead atoms. The average Bonchev–Trinajstić information content (AvgIpc) is 2.25. The zero-order chi connectivity index (χ0) is 10.9. The van der Waals surface area contributed by atoms with Gasteiger partial charge in [-0.25, -0.2) is 4.98 Å². The van der Waals surface area contributed by atoms with Crippen LogP contribution in [0.15, 0.2) is 18.3 Å². The quantitative estimate of drug-likeness (QED) is 0.692. The van der Waals surface area contributed by atoms with E-state index in [0.29, 0.717) is 19.8 Å². The van der Waals surface area contributed by atoms with E-state index in [1.165, 1.54) is 0 Å². The molecule has 1 heterocycles. The Labute approximate surface area is 90.6 Å². The molecule has 84 valence electrons. The average molecular weight is 210 g/mol. The fraction of sp³-hybridized carbons (Fsp3) is 0.545. The van der Waals surface area contributed by atoms with Crippen molar-refractivity contribution in [2.24, 2.45) is 0 Å². The lowest BCUT2D eigenvalue weighted by Gasteiger charge is -2.08. The lowest BCUT2D eigenvalue weighted by Crippen LogP contribution is -2.13. The number of nitrogens with zero attached hydrogens (tertiary/aromatic N) is 1. The van der Waals surface area contributed by atoms with Gasteiger partial charge in [0.15, 0.2) is 0 Å². The smallest absolute Gasteiger partial charge is 0.128 e. The fourth-order valence-corrected chi connectivity index (χ4v) is 1.16. The van der Waals surface area contributed by atoms with E-state index in [9.17, 15) is 0 Å². The van der Waals surface area contributed by atoms with Gasteiger partial charge in [0.25, 0.3) is 0 Å². The molecular formula is C11H18N2O2. The van der Waals surface area contributed by atoms with Crippen LogP contribution in [-0.4, -0.2) is 38.5 Å². The lowest BCUT2D eigenvalue weighted by molar-refractivity contribution is 0.0759. The van der Waals surface area contributed by atoms with Gasteiger partial charge in [-0.3, -0.25) is 0 Å². The number of rotatable bonds is 7. The number of aryl methyl sites for hydroxylation is 1. The van der Waals surface area contributed by atoms with Crippen molar-refractivity contribution in [3.8, 4) is 0 Å². The lowest BCUT2D eigenvalue weighted by atomic mass is 10.3. The second kappa shape index (κ2) is 7.20. The summed E-state index contributed by atoms with van der Waals surface area (Å²) in [6, 6.07) is 3.96. The van der Waals surface area contributed by atoms with Gasteiger partial charge in [-0.2, -0.15) is 0 Å². The predicted octanol–water partition coefficient (Wildman–Crippen LogP) is 1.46. The van der Waals surface area contributed by atoms with Crippen molar-refractivity contribution >= 4 is 5.82 Å². The Morgan fingerprint density at radius 3 is 2.93 bits per heavy atom. The first-order valence-electron chi connectivity index (χ1n) is 5.06. The van der Waals surface area contributed by atoms with Crippen molar-refractivity contribution in [2.45, 2.75) is 6.92 Å². The Hall–Kier alpha value is -1.13. The number of aromatic nitrogens is 1. The molecule has 0 atom stereocenters. The summed E-state index contributed by atoms with van der Waals surface area (Å²) in [4.78, 5) is 4.22. The number of methoxy groups -OCH3 is 1. The number of pyridine rings is 1. The maximum Gasteiger partial charge on any atom is 0.128 e. The summed E-state index contributed by atoms with van der Waals surface area (Å²) in [6.07, 6.45) is 1.78. The molecule has 15 heavy (non-hydrogen) atoms. The third kappa shape index (κ3) is 4.76. The highest BCUT2D eigenvalue weighted by Gasteiger charge is 1.96. The van der Waals surface area contributed by atoms with E-state index in [1.54, 1.807) is 13.3 Å². The number of nitrogens with one attached hydrogen (secondary N) is 1. The molecule has 0 aliphatic heterocycles. The minimum atomic E-state index is 0.638. The largest absolute Gasteiger partial charge is 0.382 e. The highest BCUT2D eigenvalue weighted by atomic mass is 16.5. The van der Waals surface area contributed by atoms with E-state index in [4.69, 9.17) is 9.47 Å². The molecule has 0 saturated carbocycles. The number of anilines is 1. The van der Waals surface area contributed by atoms with E-state index < -0.39 is 0 Å². The van der Waals surface area contributed by atoms with Crippen LogP contribution in [0.1, 0.15) is 5.56 Å². The van der Waals surface area contributed by atoms with E-state index in [2.05, 4.69) is 10.3 Å². The zero-order valence-electron chi connectivity index (χ0n) is 9.32. The molecule has 0 unspecified atom stereocenters. The number of hydrogen-bond donors (Lipinski definition) is 1. The highest BCUT2D eigenvalue weighted by Crippen LogP contribution is 2.07. The molecule has 0 radical (unpaired) electrons. The predicted molar refractivity (Wildman–Crippen MR) is 60.2 cm³/mol. The molecule has 0 saturated heterocycles. The minimum Gasteiger partial charge on any atom is -0.382 e. The maximum absolute atomic E-state index is 5.32.